The van der Waals surface area contributed by atoms with Crippen LogP contribution in [0.15, 0.2) is 40.9 Å². The highest BCUT2D eigenvalue weighted by molar-refractivity contribution is 6.08. The summed E-state index contributed by atoms with van der Waals surface area (Å²) < 4.78 is 24.7. The first-order valence-corrected chi connectivity index (χ1v) is 9.03. The van der Waals surface area contributed by atoms with Crippen LogP contribution in [0.5, 0.6) is 5.75 Å². The number of fused-ring (bicyclic) bond motifs is 1. The fourth-order valence-corrected chi connectivity index (χ4v) is 3.30. The Bertz CT molecular complexity index is 1100. The first-order valence-electron chi connectivity index (χ1n) is 9.03. The Hall–Kier alpha value is -3.68. The molecule has 4 rings (SSSR count). The van der Waals surface area contributed by atoms with Gasteiger partial charge in [0.15, 0.2) is 0 Å². The number of ether oxygens (including phenoxy) is 1. The zero-order chi connectivity index (χ0) is 20.5. The fourth-order valence-electron chi connectivity index (χ4n) is 3.30. The summed E-state index contributed by atoms with van der Waals surface area (Å²) in [5, 5.41) is 9.06. The van der Waals surface area contributed by atoms with E-state index in [1.807, 2.05) is 12.1 Å². The second-order valence-corrected chi connectivity index (χ2v) is 6.73. The van der Waals surface area contributed by atoms with Crippen LogP contribution >= 0.6 is 0 Å². The van der Waals surface area contributed by atoms with Crippen molar-refractivity contribution in [2.45, 2.75) is 20.3 Å². The molecule has 3 aromatic rings. The summed E-state index contributed by atoms with van der Waals surface area (Å²) in [6.07, 6.45) is 0.775. The number of hydrogen-bond donors (Lipinski definition) is 2. The summed E-state index contributed by atoms with van der Waals surface area (Å²) in [5.41, 5.74) is 2.44. The van der Waals surface area contributed by atoms with E-state index in [4.69, 9.17) is 9.26 Å². The molecule has 0 saturated carbocycles. The minimum atomic E-state index is -0.652. The van der Waals surface area contributed by atoms with Crippen LogP contribution in [0.25, 0.3) is 0 Å². The highest BCUT2D eigenvalue weighted by Crippen LogP contribution is 2.33. The maximum Gasteiger partial charge on any atom is 0.261 e. The highest BCUT2D eigenvalue weighted by Gasteiger charge is 2.20. The van der Waals surface area contributed by atoms with Crippen LogP contribution in [0.1, 0.15) is 37.7 Å². The van der Waals surface area contributed by atoms with Gasteiger partial charge in [0.2, 0.25) is 0 Å². The Morgan fingerprint density at radius 1 is 1.10 bits per heavy atom. The van der Waals surface area contributed by atoms with E-state index in [0.29, 0.717) is 29.5 Å². The minimum absolute atomic E-state index is 0.0645. The molecule has 1 aliphatic rings. The van der Waals surface area contributed by atoms with Crippen molar-refractivity contribution in [2.24, 2.45) is 0 Å². The van der Waals surface area contributed by atoms with Crippen LogP contribution in [-0.4, -0.2) is 23.6 Å². The molecule has 0 bridgehead atoms. The zero-order valence-corrected chi connectivity index (χ0v) is 15.8. The van der Waals surface area contributed by atoms with Gasteiger partial charge in [-0.1, -0.05) is 17.3 Å². The van der Waals surface area contributed by atoms with E-state index < -0.39 is 17.6 Å². The average molecular weight is 395 g/mol. The smallest absolute Gasteiger partial charge is 0.261 e. The molecule has 148 valence electrons. The Labute approximate surface area is 165 Å². The summed E-state index contributed by atoms with van der Waals surface area (Å²) in [4.78, 5) is 25.1. The lowest BCUT2D eigenvalue weighted by Gasteiger charge is -2.11. The Balaban J connectivity index is 1.56. The third-order valence-electron chi connectivity index (χ3n) is 4.64. The van der Waals surface area contributed by atoms with Crippen molar-refractivity contribution in [1.29, 1.82) is 0 Å². The lowest BCUT2D eigenvalue weighted by Crippen LogP contribution is -2.16. The monoisotopic (exact) mass is 395 g/mol. The molecule has 0 saturated heterocycles. The van der Waals surface area contributed by atoms with Crippen LogP contribution < -0.4 is 15.4 Å². The number of nitrogens with zero attached hydrogens (tertiary/aromatic N) is 1. The van der Waals surface area contributed by atoms with Gasteiger partial charge in [-0.15, -0.1) is 0 Å². The molecule has 2 heterocycles. The minimum Gasteiger partial charge on any atom is -0.491 e. The maximum absolute atomic E-state index is 14.1. The largest absolute Gasteiger partial charge is 0.491 e. The molecule has 8 heteroatoms. The van der Waals surface area contributed by atoms with E-state index in [2.05, 4.69) is 15.8 Å². The number of amides is 2. The Morgan fingerprint density at radius 3 is 2.69 bits per heavy atom. The third-order valence-corrected chi connectivity index (χ3v) is 4.64. The van der Waals surface area contributed by atoms with Crippen molar-refractivity contribution in [2.75, 3.05) is 17.2 Å². The molecule has 0 spiro atoms. The normalized spacial score (nSPS) is 12.2. The third kappa shape index (κ3) is 3.69. The average Bonchev–Trinajstić information content (AvgIpc) is 3.28. The summed E-state index contributed by atoms with van der Waals surface area (Å²) in [5.74, 6) is -0.675. The number of aromatic nitrogens is 1. The van der Waals surface area contributed by atoms with E-state index in [9.17, 15) is 14.0 Å². The van der Waals surface area contributed by atoms with Crippen LogP contribution in [0.4, 0.5) is 15.8 Å². The molecule has 0 radical (unpaired) electrons. The fraction of sp³-hybridized carbons (Fsp3) is 0.190. The van der Waals surface area contributed by atoms with Crippen LogP contribution in [0, 0.1) is 19.7 Å². The standard InChI is InChI=1S/C21H18FN3O4/c1-11-18(12(2)29-25-11)21(27)23-16-9-14(8-15(22)10-16)20(26)24-17-5-3-4-13-6-7-28-19(13)17/h3-5,8-10H,6-7H2,1-2H3,(H,23,27)(H,24,26). The van der Waals surface area contributed by atoms with Gasteiger partial charge in [0, 0.05) is 17.7 Å². The molecule has 1 aromatic heterocycles. The van der Waals surface area contributed by atoms with Crippen molar-refractivity contribution in [3.8, 4) is 5.75 Å². The van der Waals surface area contributed by atoms with Gasteiger partial charge in [0.25, 0.3) is 11.8 Å². The number of benzene rings is 2. The number of rotatable bonds is 4. The molecule has 0 aliphatic carbocycles. The van der Waals surface area contributed by atoms with Gasteiger partial charge in [-0.05, 0) is 43.7 Å². The SMILES string of the molecule is Cc1noc(C)c1C(=O)Nc1cc(F)cc(C(=O)Nc2cccc3c2OCC3)c1. The van der Waals surface area contributed by atoms with Crippen LogP contribution in [0.2, 0.25) is 0 Å². The van der Waals surface area contributed by atoms with Crippen molar-refractivity contribution >= 4 is 23.2 Å². The second-order valence-electron chi connectivity index (χ2n) is 6.73. The molecule has 1 aliphatic heterocycles. The van der Waals surface area contributed by atoms with Crippen molar-refractivity contribution < 1.29 is 23.2 Å². The molecule has 0 unspecified atom stereocenters. The highest BCUT2D eigenvalue weighted by atomic mass is 19.1. The quantitative estimate of drug-likeness (QED) is 0.700. The molecule has 7 nitrogen and oxygen atoms in total. The summed E-state index contributed by atoms with van der Waals surface area (Å²) in [6, 6.07) is 9.12. The van der Waals surface area contributed by atoms with Crippen LogP contribution in [-0.2, 0) is 6.42 Å². The van der Waals surface area contributed by atoms with Gasteiger partial charge in [-0.3, -0.25) is 9.59 Å². The summed E-state index contributed by atoms with van der Waals surface area (Å²) >= 11 is 0. The summed E-state index contributed by atoms with van der Waals surface area (Å²) in [6.45, 7) is 3.80. The van der Waals surface area contributed by atoms with Crippen molar-refractivity contribution in [3.05, 3.63) is 70.4 Å². The molecule has 2 aromatic carbocycles. The number of hydrogen-bond acceptors (Lipinski definition) is 5. The summed E-state index contributed by atoms with van der Waals surface area (Å²) in [7, 11) is 0. The number of para-hydroxylation sites is 1. The first kappa shape index (κ1) is 18.7. The first-order chi connectivity index (χ1) is 13.9. The molecule has 0 atom stereocenters. The number of halogens is 1. The number of nitrogens with one attached hydrogen (secondary N) is 2. The molecule has 29 heavy (non-hydrogen) atoms. The van der Waals surface area contributed by atoms with E-state index in [-0.39, 0.29) is 16.8 Å². The van der Waals surface area contributed by atoms with E-state index >= 15 is 0 Å². The van der Waals surface area contributed by atoms with Gasteiger partial charge in [-0.25, -0.2) is 4.39 Å². The topological polar surface area (TPSA) is 93.5 Å². The van der Waals surface area contributed by atoms with Crippen molar-refractivity contribution in [1.82, 2.24) is 5.16 Å². The van der Waals surface area contributed by atoms with Gasteiger partial charge in [-0.2, -0.15) is 0 Å². The van der Waals surface area contributed by atoms with Gasteiger partial charge in [0.1, 0.15) is 22.9 Å². The molecule has 2 N–H and O–H groups in total. The Morgan fingerprint density at radius 2 is 1.93 bits per heavy atom. The second kappa shape index (κ2) is 7.38. The molecule has 0 fully saturated rings. The predicted octanol–water partition coefficient (Wildman–Crippen LogP) is 3.87. The van der Waals surface area contributed by atoms with E-state index in [1.165, 1.54) is 6.07 Å². The lowest BCUT2D eigenvalue weighted by molar-refractivity contribution is 0.101. The van der Waals surface area contributed by atoms with Gasteiger partial charge in [0.05, 0.1) is 18.0 Å². The lowest BCUT2D eigenvalue weighted by atomic mass is 10.1. The van der Waals surface area contributed by atoms with E-state index in [1.54, 1.807) is 19.9 Å². The molecular weight excluding hydrogens is 377 g/mol. The van der Waals surface area contributed by atoms with Gasteiger partial charge < -0.3 is 19.9 Å². The number of carbonyl (C=O) groups is 2. The van der Waals surface area contributed by atoms with Crippen LogP contribution in [0.3, 0.4) is 0 Å². The predicted molar refractivity (Wildman–Crippen MR) is 104 cm³/mol. The number of aryl methyl sites for hydroxylation is 2. The maximum atomic E-state index is 14.1. The van der Waals surface area contributed by atoms with E-state index in [0.717, 1.165) is 24.1 Å². The van der Waals surface area contributed by atoms with Gasteiger partial charge >= 0.3 is 0 Å². The molecule has 2 amide bonds. The number of anilines is 2. The zero-order valence-electron chi connectivity index (χ0n) is 15.8. The Kier molecular flexibility index (Phi) is 4.75. The van der Waals surface area contributed by atoms with Crippen molar-refractivity contribution in [3.63, 3.8) is 0 Å². The molecular formula is C21H18FN3O4. The number of carbonyl (C=O) groups excluding carboxylic acids is 2.